The van der Waals surface area contributed by atoms with Gasteiger partial charge in [-0.05, 0) is 48.0 Å². The SMILES string of the molecule is CCS(=O)(=O)c1ccc(CC(=O)Nc2ccc(-c3ccccc3OC(F)(F)F)c(Oc3cccc(F)c3)c2)cc1. The summed E-state index contributed by atoms with van der Waals surface area (Å²) in [6, 6.07) is 21.0. The van der Waals surface area contributed by atoms with E-state index in [4.69, 9.17) is 4.74 Å². The molecule has 0 aliphatic rings. The fourth-order valence-corrected chi connectivity index (χ4v) is 4.72. The van der Waals surface area contributed by atoms with Gasteiger partial charge in [-0.1, -0.05) is 43.3 Å². The quantitative estimate of drug-likeness (QED) is 0.215. The molecular weight excluding hydrogens is 550 g/mol. The van der Waals surface area contributed by atoms with E-state index in [-0.39, 0.29) is 45.4 Å². The van der Waals surface area contributed by atoms with E-state index in [1.165, 1.54) is 73.7 Å². The predicted octanol–water partition coefficient (Wildman–Crippen LogP) is 7.16. The average molecular weight is 574 g/mol. The van der Waals surface area contributed by atoms with Crippen LogP contribution in [0.15, 0.2) is 95.9 Å². The number of carbonyl (C=O) groups excluding carboxylic acids is 1. The molecule has 1 N–H and O–H groups in total. The second-order valence-electron chi connectivity index (χ2n) is 8.59. The first-order chi connectivity index (χ1) is 18.9. The zero-order chi connectivity index (χ0) is 28.9. The molecule has 4 aromatic carbocycles. The van der Waals surface area contributed by atoms with E-state index in [1.807, 2.05) is 0 Å². The fraction of sp³-hybridized carbons (Fsp3) is 0.138. The van der Waals surface area contributed by atoms with Crippen molar-refractivity contribution in [3.63, 3.8) is 0 Å². The molecular formula is C29H23F4NO5S. The van der Waals surface area contributed by atoms with E-state index in [1.54, 1.807) is 12.1 Å². The van der Waals surface area contributed by atoms with Crippen LogP contribution in [0.3, 0.4) is 0 Å². The van der Waals surface area contributed by atoms with Crippen molar-refractivity contribution in [2.75, 3.05) is 11.1 Å². The number of carbonyl (C=O) groups is 1. The van der Waals surface area contributed by atoms with Crippen molar-refractivity contribution in [3.05, 3.63) is 102 Å². The summed E-state index contributed by atoms with van der Waals surface area (Å²) in [5.41, 5.74) is 1.10. The minimum absolute atomic E-state index is 0.0377. The maximum Gasteiger partial charge on any atom is 0.573 e. The van der Waals surface area contributed by atoms with Gasteiger partial charge in [0, 0.05) is 28.9 Å². The Morgan fingerprint density at radius 1 is 0.850 bits per heavy atom. The summed E-state index contributed by atoms with van der Waals surface area (Å²) in [5.74, 6) is -1.41. The Balaban J connectivity index is 1.63. The van der Waals surface area contributed by atoms with Gasteiger partial charge >= 0.3 is 6.36 Å². The molecule has 0 unspecified atom stereocenters. The van der Waals surface area contributed by atoms with Gasteiger partial charge in [-0.2, -0.15) is 0 Å². The summed E-state index contributed by atoms with van der Waals surface area (Å²) >= 11 is 0. The molecule has 0 heterocycles. The van der Waals surface area contributed by atoms with Gasteiger partial charge in [0.25, 0.3) is 0 Å². The van der Waals surface area contributed by atoms with Gasteiger partial charge in [0.2, 0.25) is 5.91 Å². The Morgan fingerprint density at radius 3 is 2.23 bits per heavy atom. The molecule has 0 aliphatic carbocycles. The Bertz CT molecular complexity index is 1620. The normalized spacial score (nSPS) is 11.6. The minimum Gasteiger partial charge on any atom is -0.457 e. The van der Waals surface area contributed by atoms with E-state index in [2.05, 4.69) is 10.1 Å². The molecule has 1 amide bonds. The van der Waals surface area contributed by atoms with Gasteiger partial charge in [0.15, 0.2) is 9.84 Å². The van der Waals surface area contributed by atoms with E-state index in [9.17, 15) is 30.8 Å². The van der Waals surface area contributed by atoms with Crippen LogP contribution in [0.25, 0.3) is 11.1 Å². The zero-order valence-electron chi connectivity index (χ0n) is 21.0. The Morgan fingerprint density at radius 2 is 1.55 bits per heavy atom. The highest BCUT2D eigenvalue weighted by atomic mass is 32.2. The lowest BCUT2D eigenvalue weighted by Crippen LogP contribution is -2.17. The number of sulfone groups is 1. The zero-order valence-corrected chi connectivity index (χ0v) is 21.9. The molecule has 0 atom stereocenters. The third kappa shape index (κ3) is 7.38. The second-order valence-corrected chi connectivity index (χ2v) is 10.9. The lowest BCUT2D eigenvalue weighted by atomic mass is 10.0. The van der Waals surface area contributed by atoms with Gasteiger partial charge < -0.3 is 14.8 Å². The van der Waals surface area contributed by atoms with Crippen molar-refractivity contribution in [1.29, 1.82) is 0 Å². The van der Waals surface area contributed by atoms with Gasteiger partial charge in [0.1, 0.15) is 23.1 Å². The first-order valence-corrected chi connectivity index (χ1v) is 13.6. The Labute approximate surface area is 228 Å². The summed E-state index contributed by atoms with van der Waals surface area (Å²) in [4.78, 5) is 12.9. The number of hydrogen-bond donors (Lipinski definition) is 1. The molecule has 0 aliphatic heterocycles. The summed E-state index contributed by atoms with van der Waals surface area (Å²) < 4.78 is 87.0. The first kappa shape index (κ1) is 28.6. The highest BCUT2D eigenvalue weighted by Gasteiger charge is 2.32. The average Bonchev–Trinajstić information content (AvgIpc) is 2.89. The first-order valence-electron chi connectivity index (χ1n) is 12.0. The number of alkyl halides is 3. The number of rotatable bonds is 9. The minimum atomic E-state index is -4.94. The second kappa shape index (κ2) is 11.8. The molecule has 0 spiro atoms. The van der Waals surface area contributed by atoms with Crippen LogP contribution in [0.2, 0.25) is 0 Å². The summed E-state index contributed by atoms with van der Waals surface area (Å²) in [6.07, 6.45) is -5.01. The summed E-state index contributed by atoms with van der Waals surface area (Å²) in [6.45, 7) is 1.54. The molecule has 0 radical (unpaired) electrons. The molecule has 40 heavy (non-hydrogen) atoms. The van der Waals surface area contributed by atoms with Crippen molar-refractivity contribution >= 4 is 21.4 Å². The number of benzene rings is 4. The van der Waals surface area contributed by atoms with Gasteiger partial charge in [-0.25, -0.2) is 12.8 Å². The van der Waals surface area contributed by atoms with Crippen LogP contribution in [0.1, 0.15) is 12.5 Å². The van der Waals surface area contributed by atoms with Gasteiger partial charge in [-0.3, -0.25) is 4.79 Å². The maximum absolute atomic E-state index is 13.8. The van der Waals surface area contributed by atoms with E-state index in [0.717, 1.165) is 12.1 Å². The summed E-state index contributed by atoms with van der Waals surface area (Å²) in [5, 5.41) is 2.69. The molecule has 0 bridgehead atoms. The van der Waals surface area contributed by atoms with Crippen LogP contribution in [0.4, 0.5) is 23.2 Å². The third-order valence-electron chi connectivity index (χ3n) is 5.72. The number of halogens is 4. The van der Waals surface area contributed by atoms with Crippen molar-refractivity contribution in [2.24, 2.45) is 0 Å². The smallest absolute Gasteiger partial charge is 0.457 e. The molecule has 4 aromatic rings. The van der Waals surface area contributed by atoms with Gasteiger partial charge in [0.05, 0.1) is 17.1 Å². The third-order valence-corrected chi connectivity index (χ3v) is 7.47. The maximum atomic E-state index is 13.8. The van der Waals surface area contributed by atoms with Crippen LogP contribution in [-0.2, 0) is 21.1 Å². The van der Waals surface area contributed by atoms with Crippen LogP contribution in [0, 0.1) is 5.82 Å². The van der Waals surface area contributed by atoms with Gasteiger partial charge in [-0.15, -0.1) is 13.2 Å². The van der Waals surface area contributed by atoms with Crippen LogP contribution < -0.4 is 14.8 Å². The van der Waals surface area contributed by atoms with Crippen molar-refractivity contribution < 1.29 is 40.2 Å². The van der Waals surface area contributed by atoms with Crippen molar-refractivity contribution in [1.82, 2.24) is 0 Å². The molecule has 0 saturated carbocycles. The summed E-state index contributed by atoms with van der Waals surface area (Å²) in [7, 11) is -3.37. The highest BCUT2D eigenvalue weighted by molar-refractivity contribution is 7.91. The topological polar surface area (TPSA) is 81.7 Å². The van der Waals surface area contributed by atoms with Crippen LogP contribution >= 0.6 is 0 Å². The number of amides is 1. The molecule has 4 rings (SSSR count). The number of para-hydroxylation sites is 1. The number of hydrogen-bond acceptors (Lipinski definition) is 5. The number of ether oxygens (including phenoxy) is 2. The molecule has 208 valence electrons. The molecule has 0 aromatic heterocycles. The Hall–Kier alpha value is -4.38. The lowest BCUT2D eigenvalue weighted by Gasteiger charge is -2.17. The fourth-order valence-electron chi connectivity index (χ4n) is 3.84. The van der Waals surface area contributed by atoms with E-state index >= 15 is 0 Å². The largest absolute Gasteiger partial charge is 0.573 e. The number of nitrogens with one attached hydrogen (secondary N) is 1. The lowest BCUT2D eigenvalue weighted by molar-refractivity contribution is -0.274. The highest BCUT2D eigenvalue weighted by Crippen LogP contribution is 2.41. The molecule has 0 fully saturated rings. The monoisotopic (exact) mass is 573 g/mol. The molecule has 0 saturated heterocycles. The molecule has 11 heteroatoms. The van der Waals surface area contributed by atoms with Crippen LogP contribution in [-0.4, -0.2) is 26.4 Å². The standard InChI is InChI=1S/C29H23F4NO5S/c1-2-40(36,37)23-13-10-19(11-14-23)16-28(35)34-21-12-15-25(24-8-3-4-9-26(24)39-29(31,32)33)27(18-21)38-22-7-5-6-20(30)17-22/h3-15,17-18H,2,16H2,1H3,(H,34,35). The van der Waals surface area contributed by atoms with E-state index in [0.29, 0.717) is 5.56 Å². The van der Waals surface area contributed by atoms with Crippen molar-refractivity contribution in [2.45, 2.75) is 24.6 Å². The van der Waals surface area contributed by atoms with Crippen LogP contribution in [0.5, 0.6) is 17.2 Å². The van der Waals surface area contributed by atoms with Crippen molar-refractivity contribution in [3.8, 4) is 28.4 Å². The predicted molar refractivity (Wildman–Crippen MR) is 142 cm³/mol. The Kier molecular flexibility index (Phi) is 8.43. The van der Waals surface area contributed by atoms with E-state index < -0.39 is 33.7 Å². The number of anilines is 1. The molecule has 6 nitrogen and oxygen atoms in total.